The van der Waals surface area contributed by atoms with Gasteiger partial charge in [-0.05, 0) is 25.0 Å². The van der Waals surface area contributed by atoms with Crippen LogP contribution in [0.4, 0.5) is 0 Å². The first-order chi connectivity index (χ1) is 14.0. The van der Waals surface area contributed by atoms with Gasteiger partial charge in [0.1, 0.15) is 6.10 Å². The van der Waals surface area contributed by atoms with Crippen LogP contribution >= 0.6 is 0 Å². The molecule has 9 nitrogen and oxygen atoms in total. The van der Waals surface area contributed by atoms with Crippen molar-refractivity contribution in [3.63, 3.8) is 0 Å². The summed E-state index contributed by atoms with van der Waals surface area (Å²) in [5, 5.41) is 0.533. The largest absolute Gasteiger partial charge is 0.368 e. The first-order valence-electron chi connectivity index (χ1n) is 9.86. The topological polar surface area (TPSA) is 96.5 Å². The predicted molar refractivity (Wildman–Crippen MR) is 99.6 cm³/mol. The SMILES string of the molecule is O=C(CCN1CCN(C(=O)C2CCCO2)CC1)ON1C(=O)c2ccccc2C1=O. The third-order valence-corrected chi connectivity index (χ3v) is 5.47. The van der Waals surface area contributed by atoms with E-state index in [-0.39, 0.29) is 29.6 Å². The van der Waals surface area contributed by atoms with Crippen LogP contribution in [0.1, 0.15) is 40.0 Å². The summed E-state index contributed by atoms with van der Waals surface area (Å²) in [5.74, 6) is -1.84. The molecular formula is C20H23N3O6. The summed E-state index contributed by atoms with van der Waals surface area (Å²) in [4.78, 5) is 57.9. The van der Waals surface area contributed by atoms with E-state index in [1.807, 2.05) is 4.90 Å². The normalized spacial score (nSPS) is 22.1. The lowest BCUT2D eigenvalue weighted by molar-refractivity contribution is -0.169. The van der Waals surface area contributed by atoms with Gasteiger partial charge in [0.05, 0.1) is 17.5 Å². The number of fused-ring (bicyclic) bond motifs is 1. The van der Waals surface area contributed by atoms with Crippen LogP contribution in [0.3, 0.4) is 0 Å². The zero-order valence-corrected chi connectivity index (χ0v) is 16.0. The first kappa shape index (κ1) is 19.5. The molecule has 3 amide bonds. The Balaban J connectivity index is 1.21. The highest BCUT2D eigenvalue weighted by Crippen LogP contribution is 2.23. The molecular weight excluding hydrogens is 378 g/mol. The number of ether oxygens (including phenoxy) is 1. The Bertz CT molecular complexity index is 792. The van der Waals surface area contributed by atoms with Gasteiger partial charge in [-0.1, -0.05) is 17.2 Å². The van der Waals surface area contributed by atoms with Crippen LogP contribution < -0.4 is 0 Å². The van der Waals surface area contributed by atoms with Gasteiger partial charge in [-0.25, -0.2) is 4.79 Å². The van der Waals surface area contributed by atoms with Crippen molar-refractivity contribution >= 4 is 23.7 Å². The van der Waals surface area contributed by atoms with Gasteiger partial charge in [0.15, 0.2) is 0 Å². The number of carbonyl (C=O) groups excluding carboxylic acids is 4. The molecule has 2 fully saturated rings. The number of hydroxylamine groups is 2. The monoisotopic (exact) mass is 401 g/mol. The number of rotatable bonds is 5. The van der Waals surface area contributed by atoms with Gasteiger partial charge in [0.2, 0.25) is 0 Å². The van der Waals surface area contributed by atoms with Crippen molar-refractivity contribution in [2.45, 2.75) is 25.4 Å². The average molecular weight is 401 g/mol. The van der Waals surface area contributed by atoms with Gasteiger partial charge in [-0.2, -0.15) is 0 Å². The number of nitrogens with zero attached hydrogens (tertiary/aromatic N) is 3. The molecule has 3 aliphatic rings. The van der Waals surface area contributed by atoms with Gasteiger partial charge in [-0.15, -0.1) is 0 Å². The van der Waals surface area contributed by atoms with Crippen LogP contribution in [0.5, 0.6) is 0 Å². The molecule has 1 aromatic carbocycles. The molecule has 9 heteroatoms. The van der Waals surface area contributed by atoms with E-state index in [0.717, 1.165) is 12.8 Å². The van der Waals surface area contributed by atoms with E-state index in [1.165, 1.54) is 12.1 Å². The lowest BCUT2D eigenvalue weighted by Gasteiger charge is -2.35. The van der Waals surface area contributed by atoms with Crippen molar-refractivity contribution < 1.29 is 28.8 Å². The molecule has 1 unspecified atom stereocenters. The third kappa shape index (κ3) is 4.01. The van der Waals surface area contributed by atoms with Crippen LogP contribution in [0.25, 0.3) is 0 Å². The lowest BCUT2D eigenvalue weighted by atomic mass is 10.1. The van der Waals surface area contributed by atoms with E-state index in [0.29, 0.717) is 44.4 Å². The van der Waals surface area contributed by atoms with Crippen LogP contribution in [0.2, 0.25) is 0 Å². The van der Waals surface area contributed by atoms with E-state index in [1.54, 1.807) is 12.1 Å². The summed E-state index contributed by atoms with van der Waals surface area (Å²) < 4.78 is 5.45. The molecule has 0 bridgehead atoms. The van der Waals surface area contributed by atoms with Crippen LogP contribution in [0, 0.1) is 0 Å². The molecule has 0 radical (unpaired) electrons. The predicted octanol–water partition coefficient (Wildman–Crippen LogP) is 0.454. The maximum Gasteiger partial charge on any atom is 0.334 e. The Kier molecular flexibility index (Phi) is 5.59. The van der Waals surface area contributed by atoms with Gasteiger partial charge < -0.3 is 14.5 Å². The standard InChI is InChI=1S/C20H23N3O6/c24-17(29-23-18(25)14-4-1-2-5-15(14)19(23)26)7-8-21-9-11-22(12-10-21)20(27)16-6-3-13-28-16/h1-2,4-5,16H,3,6-13H2. The molecule has 1 atom stereocenters. The summed E-state index contributed by atoms with van der Waals surface area (Å²) in [6.07, 6.45) is 1.44. The molecule has 0 spiro atoms. The third-order valence-electron chi connectivity index (χ3n) is 5.47. The highest BCUT2D eigenvalue weighted by molar-refractivity contribution is 6.20. The highest BCUT2D eigenvalue weighted by atomic mass is 16.7. The van der Waals surface area contributed by atoms with E-state index < -0.39 is 17.8 Å². The zero-order valence-electron chi connectivity index (χ0n) is 16.0. The summed E-state index contributed by atoms with van der Waals surface area (Å²) in [6.45, 7) is 3.56. The quantitative estimate of drug-likeness (QED) is 0.661. The number of carbonyl (C=O) groups is 4. The Labute approximate surface area is 168 Å². The molecule has 3 aliphatic heterocycles. The number of hydrogen-bond acceptors (Lipinski definition) is 7. The minimum Gasteiger partial charge on any atom is -0.368 e. The molecule has 29 heavy (non-hydrogen) atoms. The Morgan fingerprint density at radius 2 is 1.69 bits per heavy atom. The second-order valence-corrected chi connectivity index (χ2v) is 7.33. The average Bonchev–Trinajstić information content (AvgIpc) is 3.36. The fourth-order valence-electron chi connectivity index (χ4n) is 3.81. The van der Waals surface area contributed by atoms with Crippen LogP contribution in [-0.4, -0.2) is 84.0 Å². The molecule has 0 aliphatic carbocycles. The minimum atomic E-state index is -0.641. The Hall–Kier alpha value is -2.78. The smallest absolute Gasteiger partial charge is 0.334 e. The van der Waals surface area contributed by atoms with Crippen molar-refractivity contribution in [2.24, 2.45) is 0 Å². The molecule has 0 aromatic heterocycles. The fraction of sp³-hybridized carbons (Fsp3) is 0.500. The summed E-state index contributed by atoms with van der Waals surface area (Å²) >= 11 is 0. The number of hydrogen-bond donors (Lipinski definition) is 0. The molecule has 4 rings (SSSR count). The second kappa shape index (κ2) is 8.30. The molecule has 0 N–H and O–H groups in total. The van der Waals surface area contributed by atoms with Gasteiger partial charge >= 0.3 is 5.97 Å². The fourth-order valence-corrected chi connectivity index (χ4v) is 3.81. The van der Waals surface area contributed by atoms with Gasteiger partial charge in [0.25, 0.3) is 17.7 Å². The zero-order chi connectivity index (χ0) is 20.4. The van der Waals surface area contributed by atoms with E-state index in [9.17, 15) is 19.2 Å². The van der Waals surface area contributed by atoms with Crippen molar-refractivity contribution in [3.8, 4) is 0 Å². The Morgan fingerprint density at radius 3 is 2.28 bits per heavy atom. The number of piperazine rings is 1. The Morgan fingerprint density at radius 1 is 1.03 bits per heavy atom. The number of benzene rings is 1. The number of amides is 3. The van der Waals surface area contributed by atoms with Gasteiger partial charge in [0, 0.05) is 39.3 Å². The number of imide groups is 1. The maximum atomic E-state index is 12.4. The maximum absolute atomic E-state index is 12.4. The molecule has 2 saturated heterocycles. The van der Waals surface area contributed by atoms with E-state index >= 15 is 0 Å². The highest BCUT2D eigenvalue weighted by Gasteiger charge is 2.38. The summed E-state index contributed by atoms with van der Waals surface area (Å²) in [7, 11) is 0. The molecule has 1 aromatic rings. The van der Waals surface area contributed by atoms with Crippen molar-refractivity contribution in [1.82, 2.24) is 14.9 Å². The summed E-state index contributed by atoms with van der Waals surface area (Å²) in [6, 6.07) is 6.36. The second-order valence-electron chi connectivity index (χ2n) is 7.33. The van der Waals surface area contributed by atoms with Crippen LogP contribution in [-0.2, 0) is 19.2 Å². The lowest BCUT2D eigenvalue weighted by Crippen LogP contribution is -2.51. The van der Waals surface area contributed by atoms with E-state index in [4.69, 9.17) is 9.57 Å². The van der Waals surface area contributed by atoms with E-state index in [2.05, 4.69) is 4.90 Å². The molecule has 154 valence electrons. The molecule has 3 heterocycles. The van der Waals surface area contributed by atoms with Gasteiger partial charge in [-0.3, -0.25) is 19.3 Å². The van der Waals surface area contributed by atoms with Crippen molar-refractivity contribution in [1.29, 1.82) is 0 Å². The van der Waals surface area contributed by atoms with Crippen molar-refractivity contribution in [2.75, 3.05) is 39.3 Å². The summed E-state index contributed by atoms with van der Waals surface area (Å²) in [5.41, 5.74) is 0.467. The molecule has 0 saturated carbocycles. The van der Waals surface area contributed by atoms with Crippen LogP contribution in [0.15, 0.2) is 24.3 Å². The first-order valence-corrected chi connectivity index (χ1v) is 9.86. The van der Waals surface area contributed by atoms with Crippen molar-refractivity contribution in [3.05, 3.63) is 35.4 Å². The minimum absolute atomic E-state index is 0.0483.